The second-order valence-electron chi connectivity index (χ2n) is 6.26. The second kappa shape index (κ2) is 10.3. The summed E-state index contributed by atoms with van der Waals surface area (Å²) in [5, 5.41) is 5.78. The summed E-state index contributed by atoms with van der Waals surface area (Å²) in [6, 6.07) is 23.8. The highest BCUT2D eigenvalue weighted by atomic mass is 32.1. The first kappa shape index (κ1) is 19.6. The molecule has 0 bridgehead atoms. The monoisotopic (exact) mass is 393 g/mol. The van der Waals surface area contributed by atoms with E-state index in [2.05, 4.69) is 17.3 Å². The van der Waals surface area contributed by atoms with Crippen LogP contribution < -0.4 is 5.73 Å². The van der Waals surface area contributed by atoms with Crippen LogP contribution in [0.1, 0.15) is 16.0 Å². The fourth-order valence-corrected chi connectivity index (χ4v) is 3.34. The zero-order chi connectivity index (χ0) is 19.6. The van der Waals surface area contributed by atoms with E-state index in [0.29, 0.717) is 13.1 Å². The third-order valence-electron chi connectivity index (χ3n) is 4.21. The minimum atomic E-state index is -0.145. The number of benzene rings is 2. The maximum absolute atomic E-state index is 12.7. The lowest BCUT2D eigenvalue weighted by Crippen LogP contribution is -2.35. The molecular weight excluding hydrogens is 370 g/mol. The molecule has 0 aliphatic heterocycles. The van der Waals surface area contributed by atoms with E-state index in [-0.39, 0.29) is 18.3 Å². The molecule has 6 heteroatoms. The molecule has 0 fully saturated rings. The van der Waals surface area contributed by atoms with Crippen LogP contribution >= 0.6 is 11.3 Å². The maximum atomic E-state index is 12.7. The van der Waals surface area contributed by atoms with E-state index in [1.54, 1.807) is 4.90 Å². The Labute approximate surface area is 169 Å². The van der Waals surface area contributed by atoms with E-state index in [9.17, 15) is 4.79 Å². The molecule has 5 nitrogen and oxygen atoms in total. The summed E-state index contributed by atoms with van der Waals surface area (Å²) >= 11 is 1.47. The van der Waals surface area contributed by atoms with Crippen LogP contribution in [0.15, 0.2) is 83.3 Å². The average Bonchev–Trinajstić information content (AvgIpc) is 3.27. The van der Waals surface area contributed by atoms with Crippen LogP contribution in [0.3, 0.4) is 0 Å². The van der Waals surface area contributed by atoms with Gasteiger partial charge in [-0.3, -0.25) is 4.79 Å². The Morgan fingerprint density at radius 2 is 1.64 bits per heavy atom. The molecular formula is C22H23N3O2S. The molecule has 0 saturated carbocycles. The van der Waals surface area contributed by atoms with Crippen LogP contribution in [0.2, 0.25) is 0 Å². The van der Waals surface area contributed by atoms with Crippen molar-refractivity contribution < 1.29 is 9.63 Å². The van der Waals surface area contributed by atoms with Gasteiger partial charge in [0.25, 0.3) is 5.91 Å². The molecule has 1 amide bonds. The van der Waals surface area contributed by atoms with Crippen molar-refractivity contribution >= 4 is 23.1 Å². The van der Waals surface area contributed by atoms with Gasteiger partial charge in [-0.2, -0.15) is 0 Å². The van der Waals surface area contributed by atoms with Crippen molar-refractivity contribution in [3.05, 3.63) is 94.2 Å². The SMILES string of the molecule is N/C(=N\OCC(=O)N(CCc1ccccc1)Cc1ccccc1)c1cccs1. The zero-order valence-electron chi connectivity index (χ0n) is 15.5. The molecule has 3 aromatic rings. The van der Waals surface area contributed by atoms with Gasteiger partial charge >= 0.3 is 0 Å². The number of nitrogens with two attached hydrogens (primary N) is 1. The lowest BCUT2D eigenvalue weighted by Gasteiger charge is -2.22. The summed E-state index contributed by atoms with van der Waals surface area (Å²) in [4.78, 5) is 20.6. The lowest BCUT2D eigenvalue weighted by atomic mass is 10.1. The molecule has 0 spiro atoms. The molecule has 1 aromatic heterocycles. The van der Waals surface area contributed by atoms with Crippen LogP contribution in [-0.2, 0) is 22.6 Å². The summed E-state index contributed by atoms with van der Waals surface area (Å²) in [5.41, 5.74) is 8.13. The van der Waals surface area contributed by atoms with Crippen molar-refractivity contribution in [2.75, 3.05) is 13.2 Å². The fraction of sp³-hybridized carbons (Fsp3) is 0.182. The number of thiophene rings is 1. The minimum Gasteiger partial charge on any atom is -0.384 e. The van der Waals surface area contributed by atoms with E-state index >= 15 is 0 Å². The van der Waals surface area contributed by atoms with Gasteiger partial charge in [0.05, 0.1) is 4.88 Å². The first-order valence-electron chi connectivity index (χ1n) is 9.07. The summed E-state index contributed by atoms with van der Waals surface area (Å²) in [7, 11) is 0. The van der Waals surface area contributed by atoms with E-state index < -0.39 is 0 Å². The van der Waals surface area contributed by atoms with Crippen LogP contribution in [-0.4, -0.2) is 29.8 Å². The predicted octanol–water partition coefficient (Wildman–Crippen LogP) is 3.66. The molecule has 144 valence electrons. The molecule has 0 radical (unpaired) electrons. The largest absolute Gasteiger partial charge is 0.384 e. The third-order valence-corrected chi connectivity index (χ3v) is 5.10. The number of hydrogen-bond donors (Lipinski definition) is 1. The molecule has 0 aliphatic rings. The van der Waals surface area contributed by atoms with E-state index in [4.69, 9.17) is 10.6 Å². The van der Waals surface area contributed by atoms with Crippen LogP contribution in [0.5, 0.6) is 0 Å². The number of oxime groups is 1. The average molecular weight is 394 g/mol. The summed E-state index contributed by atoms with van der Waals surface area (Å²) in [6.07, 6.45) is 0.778. The minimum absolute atomic E-state index is 0.123. The Balaban J connectivity index is 1.61. The normalized spacial score (nSPS) is 11.2. The lowest BCUT2D eigenvalue weighted by molar-refractivity contribution is -0.136. The quantitative estimate of drug-likeness (QED) is 0.343. The van der Waals surface area contributed by atoms with Crippen LogP contribution in [0, 0.1) is 0 Å². The Bertz CT molecular complexity index is 881. The summed E-state index contributed by atoms with van der Waals surface area (Å²) in [6.45, 7) is 0.985. The van der Waals surface area contributed by atoms with E-state index in [1.807, 2.05) is 66.0 Å². The number of carbonyl (C=O) groups excluding carboxylic acids is 1. The molecule has 2 aromatic carbocycles. The van der Waals surface area contributed by atoms with Gasteiger partial charge in [-0.1, -0.05) is 71.9 Å². The van der Waals surface area contributed by atoms with Gasteiger partial charge in [0.15, 0.2) is 12.4 Å². The van der Waals surface area contributed by atoms with Crippen molar-refractivity contribution in [2.45, 2.75) is 13.0 Å². The molecule has 0 saturated heterocycles. The van der Waals surface area contributed by atoms with Gasteiger partial charge in [-0.05, 0) is 29.0 Å². The van der Waals surface area contributed by atoms with Gasteiger partial charge in [-0.25, -0.2) is 0 Å². The molecule has 0 unspecified atom stereocenters. The molecule has 0 atom stereocenters. The smallest absolute Gasteiger partial charge is 0.263 e. The molecule has 1 heterocycles. The highest BCUT2D eigenvalue weighted by Gasteiger charge is 2.15. The van der Waals surface area contributed by atoms with Gasteiger partial charge < -0.3 is 15.5 Å². The molecule has 3 rings (SSSR count). The van der Waals surface area contributed by atoms with Crippen molar-refractivity contribution in [3.8, 4) is 0 Å². The fourth-order valence-electron chi connectivity index (χ4n) is 2.72. The Kier molecular flexibility index (Phi) is 7.21. The Morgan fingerprint density at radius 1 is 0.964 bits per heavy atom. The molecule has 2 N–H and O–H groups in total. The number of nitrogens with zero attached hydrogens (tertiary/aromatic N) is 2. The van der Waals surface area contributed by atoms with Crippen molar-refractivity contribution in [2.24, 2.45) is 10.9 Å². The first-order chi connectivity index (χ1) is 13.7. The van der Waals surface area contributed by atoms with E-state index in [0.717, 1.165) is 16.9 Å². The molecule has 28 heavy (non-hydrogen) atoms. The van der Waals surface area contributed by atoms with Gasteiger partial charge in [-0.15, -0.1) is 11.3 Å². The number of amidine groups is 1. The van der Waals surface area contributed by atoms with Crippen molar-refractivity contribution in [3.63, 3.8) is 0 Å². The summed E-state index contributed by atoms with van der Waals surface area (Å²) in [5.74, 6) is 0.157. The van der Waals surface area contributed by atoms with Crippen molar-refractivity contribution in [1.82, 2.24) is 4.90 Å². The highest BCUT2D eigenvalue weighted by molar-refractivity contribution is 7.12. The number of rotatable bonds is 9. The standard InChI is InChI=1S/C22H23N3O2S/c23-22(20-12-7-15-28-20)24-27-17-21(26)25(16-19-10-5-2-6-11-19)14-13-18-8-3-1-4-9-18/h1-12,15H,13-14,16-17H2,(H2,23,24). The third kappa shape index (κ3) is 5.96. The summed E-state index contributed by atoms with van der Waals surface area (Å²) < 4.78 is 0. The Morgan fingerprint density at radius 3 is 2.29 bits per heavy atom. The van der Waals surface area contributed by atoms with E-state index in [1.165, 1.54) is 16.9 Å². The maximum Gasteiger partial charge on any atom is 0.263 e. The number of amides is 1. The topological polar surface area (TPSA) is 67.9 Å². The van der Waals surface area contributed by atoms with Gasteiger partial charge in [0.2, 0.25) is 0 Å². The molecule has 0 aliphatic carbocycles. The number of hydrogen-bond acceptors (Lipinski definition) is 4. The van der Waals surface area contributed by atoms with Crippen molar-refractivity contribution in [1.29, 1.82) is 0 Å². The second-order valence-corrected chi connectivity index (χ2v) is 7.21. The predicted molar refractivity (Wildman–Crippen MR) is 113 cm³/mol. The Hall–Kier alpha value is -3.12. The highest BCUT2D eigenvalue weighted by Crippen LogP contribution is 2.09. The van der Waals surface area contributed by atoms with Crippen LogP contribution in [0.25, 0.3) is 0 Å². The number of carbonyl (C=O) groups is 1. The van der Waals surface area contributed by atoms with Gasteiger partial charge in [0, 0.05) is 13.1 Å². The zero-order valence-corrected chi connectivity index (χ0v) is 16.3. The van der Waals surface area contributed by atoms with Crippen LogP contribution in [0.4, 0.5) is 0 Å². The first-order valence-corrected chi connectivity index (χ1v) is 9.95. The van der Waals surface area contributed by atoms with Gasteiger partial charge in [0.1, 0.15) is 0 Å².